The number of carbonyl (C=O) groups excluding carboxylic acids is 2. The molecule has 1 atom stereocenters. The van der Waals surface area contributed by atoms with Gasteiger partial charge in [-0.3, -0.25) is 9.59 Å². The minimum absolute atomic E-state index is 0.0681. The fraction of sp³-hybridized carbons (Fsp3) is 0.200. The summed E-state index contributed by atoms with van der Waals surface area (Å²) in [6.45, 7) is 0. The van der Waals surface area contributed by atoms with Crippen molar-refractivity contribution in [1.82, 2.24) is 0 Å². The Morgan fingerprint density at radius 2 is 1.70 bits per heavy atom. The molecule has 3 N–H and O–H groups in total. The SMILES string of the molecule is O=C(/C=C/C=C(/c1ccc(OC2CSC2)cc1)c1ccc(C(F)(F)F)cc1)Nc1cccc2c1CC(O)C(=O)N2. The summed E-state index contributed by atoms with van der Waals surface area (Å²) in [5, 5.41) is 15.3. The number of rotatable bonds is 7. The van der Waals surface area contributed by atoms with Crippen LogP contribution in [0.4, 0.5) is 24.5 Å². The van der Waals surface area contributed by atoms with Crippen molar-refractivity contribution < 1.29 is 32.6 Å². The van der Waals surface area contributed by atoms with E-state index in [2.05, 4.69) is 10.6 Å². The Morgan fingerprint density at radius 3 is 2.33 bits per heavy atom. The number of hydrogen-bond donors (Lipinski definition) is 3. The van der Waals surface area contributed by atoms with Gasteiger partial charge in [0.2, 0.25) is 5.91 Å². The topological polar surface area (TPSA) is 87.7 Å². The van der Waals surface area contributed by atoms with Crippen LogP contribution >= 0.6 is 11.8 Å². The van der Waals surface area contributed by atoms with Gasteiger partial charge in [0.05, 0.1) is 5.56 Å². The first-order valence-corrected chi connectivity index (χ1v) is 13.7. The molecule has 0 saturated carbocycles. The first-order chi connectivity index (χ1) is 19.2. The number of ether oxygens (including phenoxy) is 1. The van der Waals surface area contributed by atoms with Crippen molar-refractivity contribution in [1.29, 1.82) is 0 Å². The number of alkyl halides is 3. The highest BCUT2D eigenvalue weighted by Crippen LogP contribution is 2.33. The van der Waals surface area contributed by atoms with Crippen LogP contribution in [-0.4, -0.2) is 40.6 Å². The highest BCUT2D eigenvalue weighted by atomic mass is 32.2. The summed E-state index contributed by atoms with van der Waals surface area (Å²) in [6.07, 6.45) is -0.938. The molecule has 0 aromatic heterocycles. The number of benzene rings is 3. The second-order valence-electron chi connectivity index (χ2n) is 9.35. The second-order valence-corrected chi connectivity index (χ2v) is 10.4. The molecule has 10 heteroatoms. The fourth-order valence-electron chi connectivity index (χ4n) is 4.33. The number of fused-ring (bicyclic) bond motifs is 1. The molecule has 1 unspecified atom stereocenters. The molecule has 2 heterocycles. The second kappa shape index (κ2) is 11.6. The molecule has 0 radical (unpaired) electrons. The van der Waals surface area contributed by atoms with E-state index in [0.717, 1.165) is 29.2 Å². The smallest absolute Gasteiger partial charge is 0.416 e. The molecule has 0 spiro atoms. The number of amides is 2. The van der Waals surface area contributed by atoms with Gasteiger partial charge in [-0.25, -0.2) is 0 Å². The van der Waals surface area contributed by atoms with E-state index in [1.54, 1.807) is 24.3 Å². The van der Waals surface area contributed by atoms with E-state index in [1.165, 1.54) is 24.3 Å². The molecular weight excluding hydrogens is 541 g/mol. The van der Waals surface area contributed by atoms with Gasteiger partial charge in [0.25, 0.3) is 5.91 Å². The van der Waals surface area contributed by atoms with Gasteiger partial charge < -0.3 is 20.5 Å². The van der Waals surface area contributed by atoms with E-state index >= 15 is 0 Å². The molecule has 1 fully saturated rings. The average molecular weight is 567 g/mol. The van der Waals surface area contributed by atoms with Crippen LogP contribution in [0.25, 0.3) is 5.57 Å². The maximum Gasteiger partial charge on any atom is 0.416 e. The minimum Gasteiger partial charge on any atom is -0.489 e. The van der Waals surface area contributed by atoms with Crippen LogP contribution in [0.3, 0.4) is 0 Å². The van der Waals surface area contributed by atoms with Crippen LogP contribution in [-0.2, 0) is 22.2 Å². The van der Waals surface area contributed by atoms with E-state index < -0.39 is 29.7 Å². The summed E-state index contributed by atoms with van der Waals surface area (Å²) in [4.78, 5) is 24.5. The average Bonchev–Trinajstić information content (AvgIpc) is 2.90. The number of aliphatic hydroxyl groups excluding tert-OH is 1. The third-order valence-corrected chi connectivity index (χ3v) is 7.72. The monoisotopic (exact) mass is 566 g/mol. The summed E-state index contributed by atoms with van der Waals surface area (Å²) in [6, 6.07) is 17.2. The van der Waals surface area contributed by atoms with Gasteiger partial charge in [0.1, 0.15) is 18.0 Å². The first-order valence-electron chi connectivity index (χ1n) is 12.5. The molecule has 6 nitrogen and oxygen atoms in total. The molecule has 3 aromatic rings. The van der Waals surface area contributed by atoms with Gasteiger partial charge in [-0.05, 0) is 53.1 Å². The fourth-order valence-corrected chi connectivity index (χ4v) is 4.90. The maximum absolute atomic E-state index is 13.1. The summed E-state index contributed by atoms with van der Waals surface area (Å²) in [5.74, 6) is 1.63. The van der Waals surface area contributed by atoms with Gasteiger partial charge in [0.15, 0.2) is 0 Å². The number of allylic oxidation sites excluding steroid dienone is 2. The van der Waals surface area contributed by atoms with Crippen molar-refractivity contribution in [3.8, 4) is 5.75 Å². The molecule has 5 rings (SSSR count). The molecule has 3 aromatic carbocycles. The van der Waals surface area contributed by atoms with Crippen LogP contribution in [0, 0.1) is 0 Å². The lowest BCUT2D eigenvalue weighted by Crippen LogP contribution is -2.34. The largest absolute Gasteiger partial charge is 0.489 e. The van der Waals surface area contributed by atoms with Gasteiger partial charge in [-0.1, -0.05) is 42.5 Å². The minimum atomic E-state index is -4.45. The first kappa shape index (κ1) is 27.5. The number of carbonyl (C=O) groups is 2. The third-order valence-electron chi connectivity index (χ3n) is 6.50. The predicted octanol–water partition coefficient (Wildman–Crippen LogP) is 5.68. The van der Waals surface area contributed by atoms with Crippen molar-refractivity contribution in [2.75, 3.05) is 22.1 Å². The van der Waals surface area contributed by atoms with Gasteiger partial charge in [-0.2, -0.15) is 24.9 Å². The quantitative estimate of drug-likeness (QED) is 0.253. The lowest BCUT2D eigenvalue weighted by Gasteiger charge is -2.25. The Bertz CT molecular complexity index is 1460. The maximum atomic E-state index is 13.1. The molecule has 1 saturated heterocycles. The number of aliphatic hydroxyl groups is 1. The third kappa shape index (κ3) is 6.40. The Balaban J connectivity index is 1.37. The lowest BCUT2D eigenvalue weighted by atomic mass is 9.96. The van der Waals surface area contributed by atoms with E-state index in [4.69, 9.17) is 4.74 Å². The van der Waals surface area contributed by atoms with E-state index in [1.807, 2.05) is 36.0 Å². The zero-order valence-electron chi connectivity index (χ0n) is 21.1. The number of hydrogen-bond acceptors (Lipinski definition) is 5. The molecule has 206 valence electrons. The molecular formula is C30H25F3N2O4S. The van der Waals surface area contributed by atoms with Crippen molar-refractivity contribution in [3.05, 3.63) is 107 Å². The Labute approximate surface area is 232 Å². The summed E-state index contributed by atoms with van der Waals surface area (Å²) >= 11 is 1.81. The highest BCUT2D eigenvalue weighted by molar-refractivity contribution is 8.00. The number of nitrogens with one attached hydrogen (secondary N) is 2. The predicted molar refractivity (Wildman–Crippen MR) is 149 cm³/mol. The van der Waals surface area contributed by atoms with Crippen LogP contribution < -0.4 is 15.4 Å². The van der Waals surface area contributed by atoms with E-state index in [0.29, 0.717) is 33.8 Å². The van der Waals surface area contributed by atoms with Crippen molar-refractivity contribution >= 4 is 40.5 Å². The summed E-state index contributed by atoms with van der Waals surface area (Å²) in [7, 11) is 0. The van der Waals surface area contributed by atoms with Crippen LogP contribution in [0.2, 0.25) is 0 Å². The normalized spacial score (nSPS) is 17.6. The van der Waals surface area contributed by atoms with Crippen LogP contribution in [0.5, 0.6) is 5.75 Å². The lowest BCUT2D eigenvalue weighted by molar-refractivity contribution is -0.137. The molecule has 0 bridgehead atoms. The number of halogens is 3. The van der Waals surface area contributed by atoms with E-state index in [-0.39, 0.29) is 12.5 Å². The van der Waals surface area contributed by atoms with Gasteiger partial charge in [-0.15, -0.1) is 0 Å². The van der Waals surface area contributed by atoms with E-state index in [9.17, 15) is 27.9 Å². The van der Waals surface area contributed by atoms with Gasteiger partial charge in [0, 0.05) is 40.9 Å². The van der Waals surface area contributed by atoms with Crippen molar-refractivity contribution in [2.24, 2.45) is 0 Å². The Hall–Kier alpha value is -4.02. The van der Waals surface area contributed by atoms with Crippen molar-refractivity contribution in [2.45, 2.75) is 24.8 Å². The van der Waals surface area contributed by atoms with Crippen molar-refractivity contribution in [3.63, 3.8) is 0 Å². The highest BCUT2D eigenvalue weighted by Gasteiger charge is 2.30. The van der Waals surface area contributed by atoms with Gasteiger partial charge >= 0.3 is 6.18 Å². The Morgan fingerprint density at radius 1 is 1.02 bits per heavy atom. The standard InChI is InChI=1S/C30H25F3N2O4S/c31-30(32,33)20-11-7-18(8-12-20)23(19-9-13-21(14-10-19)39-22-16-40-17-22)3-1-6-28(37)34-25-4-2-5-26-24(25)15-27(36)29(38)35-26/h1-14,22,27,36H,15-17H2,(H,34,37)(H,35,38)/b6-1+,23-3+. The van der Waals surface area contributed by atoms with Crippen LogP contribution in [0.1, 0.15) is 22.3 Å². The van der Waals surface area contributed by atoms with Crippen LogP contribution in [0.15, 0.2) is 85.0 Å². The Kier molecular flexibility index (Phi) is 7.99. The molecule has 0 aliphatic carbocycles. The number of thioether (sulfide) groups is 1. The molecule has 40 heavy (non-hydrogen) atoms. The zero-order chi connectivity index (χ0) is 28.3. The molecule has 2 amide bonds. The number of anilines is 2. The zero-order valence-corrected chi connectivity index (χ0v) is 21.9. The summed E-state index contributed by atoms with van der Waals surface area (Å²) in [5.41, 5.74) is 2.74. The molecule has 2 aliphatic heterocycles. The molecule has 2 aliphatic rings. The summed E-state index contributed by atoms with van der Waals surface area (Å²) < 4.78 is 45.3.